The van der Waals surface area contributed by atoms with Crippen molar-refractivity contribution in [1.29, 1.82) is 0 Å². The molecule has 0 amide bonds. The van der Waals surface area contributed by atoms with Crippen molar-refractivity contribution in [1.82, 2.24) is 14.8 Å². The summed E-state index contributed by atoms with van der Waals surface area (Å²) >= 11 is 1.01. The molecule has 0 unspecified atom stereocenters. The van der Waals surface area contributed by atoms with Crippen LogP contribution in [-0.2, 0) is 5.92 Å². The van der Waals surface area contributed by atoms with Gasteiger partial charge >= 0.3 is 12.3 Å². The molecular weight excluding hydrogens is 458 g/mol. The van der Waals surface area contributed by atoms with Crippen LogP contribution in [0.25, 0.3) is 28.5 Å². The summed E-state index contributed by atoms with van der Waals surface area (Å²) in [5, 5.41) is 15.1. The number of methoxy groups -OCH3 is 1. The monoisotopic (exact) mass is 475 g/mol. The number of alkyl halides is 4. The molecule has 170 valence electrons. The van der Waals surface area contributed by atoms with Gasteiger partial charge in [-0.3, -0.25) is 0 Å². The molecule has 1 N–H and O–H groups in total. The largest absolute Gasteiger partial charge is 0.508 e. The van der Waals surface area contributed by atoms with E-state index < -0.39 is 18.0 Å². The van der Waals surface area contributed by atoms with E-state index in [9.17, 15) is 22.7 Å². The van der Waals surface area contributed by atoms with E-state index >= 15 is 0 Å². The Morgan fingerprint density at radius 3 is 2.39 bits per heavy atom. The molecule has 2 aromatic heterocycles. The Bertz CT molecular complexity index is 1270. The van der Waals surface area contributed by atoms with Gasteiger partial charge in [0.05, 0.1) is 18.5 Å². The number of halogens is 4. The molecule has 2 aromatic carbocycles. The number of phenols is 1. The molecule has 0 saturated heterocycles. The summed E-state index contributed by atoms with van der Waals surface area (Å²) in [6.07, 6.45) is -0.921. The van der Waals surface area contributed by atoms with Gasteiger partial charge < -0.3 is 9.84 Å². The molecule has 0 aliphatic rings. The summed E-state index contributed by atoms with van der Waals surface area (Å²) < 4.78 is 60.9. The summed E-state index contributed by atoms with van der Waals surface area (Å²) in [5.41, 5.74) is 0.958. The highest BCUT2D eigenvalue weighted by atomic mass is 32.1. The fourth-order valence-corrected chi connectivity index (χ4v) is 3.79. The van der Waals surface area contributed by atoms with Crippen LogP contribution >= 0.6 is 11.3 Å². The zero-order valence-corrected chi connectivity index (χ0v) is 17.9. The van der Waals surface area contributed by atoms with E-state index in [0.29, 0.717) is 22.6 Å². The van der Waals surface area contributed by atoms with Crippen LogP contribution in [0.4, 0.5) is 17.6 Å². The highest BCUT2D eigenvalue weighted by molar-refractivity contribution is 7.12. The smallest absolute Gasteiger partial charge is 0.349 e. The lowest BCUT2D eigenvalue weighted by molar-refractivity contribution is -0.139. The first-order valence-electron chi connectivity index (χ1n) is 9.62. The second-order valence-electron chi connectivity index (χ2n) is 6.96. The van der Waals surface area contributed by atoms with Crippen LogP contribution in [0.1, 0.15) is 17.0 Å². The third-order valence-corrected chi connectivity index (χ3v) is 5.56. The van der Waals surface area contributed by atoms with Crippen LogP contribution in [0, 0.1) is 0 Å². The van der Waals surface area contributed by atoms with Gasteiger partial charge in [-0.05, 0) is 54.1 Å². The van der Waals surface area contributed by atoms with Crippen molar-refractivity contribution in [3.05, 3.63) is 76.9 Å². The average molecular weight is 475 g/mol. The van der Waals surface area contributed by atoms with E-state index in [1.807, 2.05) is 0 Å². The molecule has 0 bridgehead atoms. The lowest BCUT2D eigenvalue weighted by atomic mass is 10.2. The first-order valence-corrected chi connectivity index (χ1v) is 10.5. The number of aromatic hydroxyl groups is 1. The number of rotatable bonds is 7. The summed E-state index contributed by atoms with van der Waals surface area (Å²) in [7, 11) is 1.53. The van der Waals surface area contributed by atoms with E-state index in [-0.39, 0.29) is 16.6 Å². The van der Waals surface area contributed by atoms with Crippen molar-refractivity contribution in [2.75, 3.05) is 7.11 Å². The average Bonchev–Trinajstić information content (AvgIpc) is 3.46. The highest BCUT2D eigenvalue weighted by Crippen LogP contribution is 2.37. The third-order valence-electron chi connectivity index (χ3n) is 4.74. The van der Waals surface area contributed by atoms with Gasteiger partial charge in [-0.2, -0.15) is 13.9 Å². The van der Waals surface area contributed by atoms with Gasteiger partial charge in [-0.1, -0.05) is 18.2 Å². The van der Waals surface area contributed by atoms with Gasteiger partial charge in [0.25, 0.3) is 0 Å². The number of nitrogens with zero attached hydrogens (tertiary/aromatic N) is 3. The SMILES string of the molecule is COc1ccc(-c2csc(-n3nc(/C=C/c4ccc(O)cc4)cc3C(F)(F)C(F)F)n2)cc1. The zero-order chi connectivity index (χ0) is 23.6. The maximum atomic E-state index is 14.4. The minimum absolute atomic E-state index is 0.0282. The summed E-state index contributed by atoms with van der Waals surface area (Å²) in [5.74, 6) is -3.71. The topological polar surface area (TPSA) is 60.2 Å². The summed E-state index contributed by atoms with van der Waals surface area (Å²) in [6, 6.07) is 14.0. The lowest BCUT2D eigenvalue weighted by Crippen LogP contribution is -2.26. The van der Waals surface area contributed by atoms with E-state index in [1.54, 1.807) is 47.9 Å². The fourth-order valence-electron chi connectivity index (χ4n) is 3.00. The van der Waals surface area contributed by atoms with Crippen LogP contribution in [0.15, 0.2) is 60.0 Å². The molecule has 0 fully saturated rings. The predicted molar refractivity (Wildman–Crippen MR) is 118 cm³/mol. The van der Waals surface area contributed by atoms with Crippen molar-refractivity contribution >= 4 is 23.5 Å². The number of ether oxygens (including phenoxy) is 1. The van der Waals surface area contributed by atoms with Crippen molar-refractivity contribution in [3.8, 4) is 27.9 Å². The molecule has 2 heterocycles. The van der Waals surface area contributed by atoms with Gasteiger partial charge in [0.2, 0.25) is 5.13 Å². The first kappa shape index (κ1) is 22.5. The van der Waals surface area contributed by atoms with Crippen LogP contribution in [0.5, 0.6) is 11.5 Å². The minimum Gasteiger partial charge on any atom is -0.508 e. The molecule has 33 heavy (non-hydrogen) atoms. The van der Waals surface area contributed by atoms with Crippen LogP contribution in [0.2, 0.25) is 0 Å². The molecule has 4 aromatic rings. The number of hydrogen-bond donors (Lipinski definition) is 1. The molecule has 0 aliphatic heterocycles. The summed E-state index contributed by atoms with van der Waals surface area (Å²) in [6.45, 7) is 0. The Labute approximate surface area is 190 Å². The van der Waals surface area contributed by atoms with Crippen molar-refractivity contribution in [3.63, 3.8) is 0 Å². The predicted octanol–water partition coefficient (Wildman–Crippen LogP) is 6.24. The van der Waals surface area contributed by atoms with Crippen molar-refractivity contribution in [2.45, 2.75) is 12.3 Å². The summed E-state index contributed by atoms with van der Waals surface area (Å²) in [4.78, 5) is 4.33. The number of hydrogen-bond acceptors (Lipinski definition) is 5. The molecule has 0 aliphatic carbocycles. The normalized spacial score (nSPS) is 12.1. The molecule has 0 atom stereocenters. The maximum absolute atomic E-state index is 14.4. The highest BCUT2D eigenvalue weighted by Gasteiger charge is 2.46. The molecule has 10 heteroatoms. The third kappa shape index (κ3) is 4.75. The number of phenolic OH excluding ortho intramolecular Hbond substituents is 1. The number of thiazole rings is 1. The Hall–Kier alpha value is -3.66. The second-order valence-corrected chi connectivity index (χ2v) is 7.80. The molecule has 5 nitrogen and oxygen atoms in total. The maximum Gasteiger partial charge on any atom is 0.349 e. The van der Waals surface area contributed by atoms with Crippen LogP contribution < -0.4 is 4.74 Å². The van der Waals surface area contributed by atoms with Gasteiger partial charge in [-0.15, -0.1) is 11.3 Å². The standard InChI is InChI=1S/C23H17F4N3O2S/c1-32-18-10-5-15(6-11-18)19-13-33-22(28-19)30-20(23(26,27)21(24)25)12-16(29-30)7-2-14-3-8-17(31)9-4-14/h2-13,21,31H,1H3/b7-2+. The van der Waals surface area contributed by atoms with E-state index in [0.717, 1.165) is 22.1 Å². The quantitative estimate of drug-likeness (QED) is 0.322. The van der Waals surface area contributed by atoms with Crippen LogP contribution in [-0.4, -0.2) is 33.4 Å². The van der Waals surface area contributed by atoms with Gasteiger partial charge in [0.1, 0.15) is 17.2 Å². The lowest BCUT2D eigenvalue weighted by Gasteiger charge is -2.15. The molecule has 0 spiro atoms. The van der Waals surface area contributed by atoms with E-state index in [4.69, 9.17) is 4.74 Å². The van der Waals surface area contributed by atoms with Gasteiger partial charge in [0, 0.05) is 10.9 Å². The molecule has 4 rings (SSSR count). The second kappa shape index (κ2) is 9.07. The van der Waals surface area contributed by atoms with Gasteiger partial charge in [-0.25, -0.2) is 18.4 Å². The van der Waals surface area contributed by atoms with Crippen molar-refractivity contribution in [2.24, 2.45) is 0 Å². The molecule has 0 radical (unpaired) electrons. The zero-order valence-electron chi connectivity index (χ0n) is 17.1. The minimum atomic E-state index is -4.43. The molecule has 0 saturated carbocycles. The molecular formula is C23H17F4N3O2S. The Morgan fingerprint density at radius 2 is 1.76 bits per heavy atom. The first-order chi connectivity index (χ1) is 15.8. The van der Waals surface area contributed by atoms with E-state index in [2.05, 4.69) is 10.1 Å². The van der Waals surface area contributed by atoms with E-state index in [1.165, 1.54) is 25.3 Å². The number of benzene rings is 2. The van der Waals surface area contributed by atoms with Crippen LogP contribution in [0.3, 0.4) is 0 Å². The Kier molecular flexibility index (Phi) is 6.19. The fraction of sp³-hybridized carbons (Fsp3) is 0.130. The Morgan fingerprint density at radius 1 is 1.06 bits per heavy atom. The Balaban J connectivity index is 1.72. The number of aromatic nitrogens is 3. The van der Waals surface area contributed by atoms with Gasteiger partial charge in [0.15, 0.2) is 0 Å². The van der Waals surface area contributed by atoms with Crippen molar-refractivity contribution < 1.29 is 27.4 Å².